The van der Waals surface area contributed by atoms with Crippen molar-refractivity contribution in [2.24, 2.45) is 0 Å². The van der Waals surface area contributed by atoms with Crippen molar-refractivity contribution < 1.29 is 9.53 Å². The lowest BCUT2D eigenvalue weighted by Gasteiger charge is -2.11. The van der Waals surface area contributed by atoms with E-state index < -0.39 is 0 Å². The Hall–Kier alpha value is -1.81. The number of rotatable bonds is 3. The van der Waals surface area contributed by atoms with Crippen molar-refractivity contribution in [3.63, 3.8) is 0 Å². The van der Waals surface area contributed by atoms with Crippen LogP contribution in [0.15, 0.2) is 48.5 Å². The van der Waals surface area contributed by atoms with Gasteiger partial charge in [-0.1, -0.05) is 46.3 Å². The minimum atomic E-state index is -0.237. The highest BCUT2D eigenvalue weighted by molar-refractivity contribution is 9.08. The van der Waals surface area contributed by atoms with Crippen LogP contribution in [0.25, 0.3) is 0 Å². The predicted octanol–water partition coefficient (Wildman–Crippen LogP) is 3.70. The molecule has 1 amide bonds. The molecule has 102 valence electrons. The molecular weight excluding hydrogens is 318 g/mol. The fourth-order valence-electron chi connectivity index (χ4n) is 2.34. The van der Waals surface area contributed by atoms with E-state index in [1.165, 1.54) is 0 Å². The first-order valence-electron chi connectivity index (χ1n) is 6.45. The fraction of sp³-hybridized carbons (Fsp3) is 0.188. The van der Waals surface area contributed by atoms with Gasteiger partial charge < -0.3 is 10.1 Å². The second-order valence-corrected chi connectivity index (χ2v) is 5.29. The van der Waals surface area contributed by atoms with E-state index in [4.69, 9.17) is 4.74 Å². The Bertz CT molecular complexity index is 642. The first-order chi connectivity index (χ1) is 9.78. The van der Waals surface area contributed by atoms with E-state index in [2.05, 4.69) is 21.2 Å². The van der Waals surface area contributed by atoms with Crippen molar-refractivity contribution in [1.82, 2.24) is 0 Å². The van der Waals surface area contributed by atoms with Crippen LogP contribution in [0.1, 0.15) is 17.0 Å². The van der Waals surface area contributed by atoms with Gasteiger partial charge in [-0.25, -0.2) is 0 Å². The van der Waals surface area contributed by atoms with Gasteiger partial charge in [0, 0.05) is 16.6 Å². The summed E-state index contributed by atoms with van der Waals surface area (Å²) in [5.74, 6) is 0.544. The molecule has 0 saturated heterocycles. The molecule has 0 aromatic heterocycles. The van der Waals surface area contributed by atoms with Gasteiger partial charge in [0.2, 0.25) is 5.91 Å². The number of anilines is 1. The van der Waals surface area contributed by atoms with Crippen molar-refractivity contribution in [2.75, 3.05) is 11.9 Å². The van der Waals surface area contributed by atoms with Crippen LogP contribution < -0.4 is 10.1 Å². The normalized spacial score (nSPS) is 16.4. The smallest absolute Gasteiger partial charge is 0.235 e. The molecule has 0 fully saturated rings. The van der Waals surface area contributed by atoms with Crippen LogP contribution in [0.4, 0.5) is 5.69 Å². The number of ether oxygens (including phenoxy) is 1. The fourth-order valence-corrected chi connectivity index (χ4v) is 2.69. The van der Waals surface area contributed by atoms with Gasteiger partial charge in [-0.2, -0.15) is 0 Å². The molecule has 0 spiro atoms. The van der Waals surface area contributed by atoms with E-state index in [0.717, 1.165) is 27.9 Å². The van der Waals surface area contributed by atoms with E-state index in [9.17, 15) is 4.79 Å². The Morgan fingerprint density at radius 3 is 2.95 bits per heavy atom. The largest absolute Gasteiger partial charge is 0.492 e. The molecule has 0 bridgehead atoms. The maximum Gasteiger partial charge on any atom is 0.235 e. The first-order valence-corrected chi connectivity index (χ1v) is 7.57. The third kappa shape index (κ3) is 2.56. The summed E-state index contributed by atoms with van der Waals surface area (Å²) >= 11 is 3.41. The maximum atomic E-state index is 12.4. The summed E-state index contributed by atoms with van der Waals surface area (Å²) in [6.07, 6.45) is 0. The van der Waals surface area contributed by atoms with E-state index in [-0.39, 0.29) is 11.8 Å². The summed E-state index contributed by atoms with van der Waals surface area (Å²) in [6.45, 7) is 0.406. The van der Waals surface area contributed by atoms with E-state index in [1.807, 2.05) is 48.5 Å². The molecule has 1 aliphatic rings. The Balaban J connectivity index is 1.77. The number of carbonyl (C=O) groups excluding carboxylic acids is 1. The molecule has 1 N–H and O–H groups in total. The number of para-hydroxylation sites is 1. The number of hydrogen-bond acceptors (Lipinski definition) is 2. The van der Waals surface area contributed by atoms with Crippen LogP contribution in [0, 0.1) is 0 Å². The van der Waals surface area contributed by atoms with Crippen LogP contribution >= 0.6 is 15.9 Å². The topological polar surface area (TPSA) is 38.3 Å². The van der Waals surface area contributed by atoms with Crippen molar-refractivity contribution in [1.29, 1.82) is 0 Å². The Morgan fingerprint density at radius 2 is 2.10 bits per heavy atom. The molecule has 3 rings (SSSR count). The monoisotopic (exact) mass is 331 g/mol. The van der Waals surface area contributed by atoms with Gasteiger partial charge in [-0.05, 0) is 23.8 Å². The lowest BCUT2D eigenvalue weighted by atomic mass is 10.0. The Kier molecular flexibility index (Phi) is 3.74. The van der Waals surface area contributed by atoms with E-state index in [1.54, 1.807) is 0 Å². The number of carbonyl (C=O) groups is 1. The Labute approximate surface area is 126 Å². The minimum absolute atomic E-state index is 0.0262. The number of alkyl halides is 1. The zero-order chi connectivity index (χ0) is 13.9. The second-order valence-electron chi connectivity index (χ2n) is 4.72. The molecule has 0 aliphatic carbocycles. The average molecular weight is 332 g/mol. The summed E-state index contributed by atoms with van der Waals surface area (Å²) in [5.41, 5.74) is 2.91. The average Bonchev–Trinajstić information content (AvgIpc) is 2.91. The lowest BCUT2D eigenvalue weighted by molar-refractivity contribution is -0.117. The molecule has 1 atom stereocenters. The number of nitrogens with one attached hydrogen (secondary N) is 1. The molecule has 2 aromatic carbocycles. The molecule has 1 aliphatic heterocycles. The molecule has 0 saturated carbocycles. The van der Waals surface area contributed by atoms with Crippen LogP contribution in [0.3, 0.4) is 0 Å². The van der Waals surface area contributed by atoms with Crippen molar-refractivity contribution in [3.8, 4) is 5.75 Å². The molecular formula is C16H14BrNO2. The molecule has 20 heavy (non-hydrogen) atoms. The van der Waals surface area contributed by atoms with Gasteiger partial charge in [0.15, 0.2) is 0 Å². The van der Waals surface area contributed by atoms with Gasteiger partial charge >= 0.3 is 0 Å². The highest BCUT2D eigenvalue weighted by Crippen LogP contribution is 2.34. The van der Waals surface area contributed by atoms with Gasteiger partial charge in [0.25, 0.3) is 0 Å². The third-order valence-electron chi connectivity index (χ3n) is 3.37. The van der Waals surface area contributed by atoms with Crippen molar-refractivity contribution >= 4 is 27.5 Å². The summed E-state index contributed by atoms with van der Waals surface area (Å²) in [5, 5.41) is 3.73. The van der Waals surface area contributed by atoms with Gasteiger partial charge in [-0.3, -0.25) is 4.79 Å². The highest BCUT2D eigenvalue weighted by atomic mass is 79.9. The number of benzene rings is 2. The second kappa shape index (κ2) is 5.67. The van der Waals surface area contributed by atoms with E-state index >= 15 is 0 Å². The van der Waals surface area contributed by atoms with Gasteiger partial charge in [-0.15, -0.1) is 0 Å². The number of hydrogen-bond donors (Lipinski definition) is 1. The standard InChI is InChI=1S/C16H14BrNO2/c17-9-11-4-3-5-12(8-11)18-16(19)14-10-20-15-7-2-1-6-13(14)15/h1-8,14H,9-10H2,(H,18,19). The molecule has 3 nitrogen and oxygen atoms in total. The van der Waals surface area contributed by atoms with E-state index in [0.29, 0.717) is 6.61 Å². The number of fused-ring (bicyclic) bond motifs is 1. The maximum absolute atomic E-state index is 12.4. The summed E-state index contributed by atoms with van der Waals surface area (Å²) in [6, 6.07) is 15.5. The van der Waals surface area contributed by atoms with Crippen LogP contribution in [0.2, 0.25) is 0 Å². The van der Waals surface area contributed by atoms with Crippen molar-refractivity contribution in [3.05, 3.63) is 59.7 Å². The Morgan fingerprint density at radius 1 is 1.25 bits per heavy atom. The highest BCUT2D eigenvalue weighted by Gasteiger charge is 2.29. The first kappa shape index (κ1) is 13.2. The molecule has 2 aromatic rings. The third-order valence-corrected chi connectivity index (χ3v) is 4.01. The SMILES string of the molecule is O=C(Nc1cccc(CBr)c1)C1COc2ccccc21. The predicted molar refractivity (Wildman–Crippen MR) is 82.4 cm³/mol. The molecule has 0 radical (unpaired) electrons. The zero-order valence-electron chi connectivity index (χ0n) is 10.8. The molecule has 1 unspecified atom stereocenters. The summed E-state index contributed by atoms with van der Waals surface area (Å²) < 4.78 is 5.55. The minimum Gasteiger partial charge on any atom is -0.492 e. The van der Waals surface area contributed by atoms with Crippen LogP contribution in [-0.2, 0) is 10.1 Å². The summed E-state index contributed by atoms with van der Waals surface area (Å²) in [4.78, 5) is 12.4. The van der Waals surface area contributed by atoms with Crippen LogP contribution in [0.5, 0.6) is 5.75 Å². The van der Waals surface area contributed by atoms with Gasteiger partial charge in [0.1, 0.15) is 18.3 Å². The zero-order valence-corrected chi connectivity index (χ0v) is 12.4. The summed E-state index contributed by atoms with van der Waals surface area (Å²) in [7, 11) is 0. The van der Waals surface area contributed by atoms with Crippen LogP contribution in [-0.4, -0.2) is 12.5 Å². The number of halogens is 1. The van der Waals surface area contributed by atoms with Gasteiger partial charge in [0.05, 0.1) is 0 Å². The molecule has 4 heteroatoms. The molecule has 1 heterocycles. The quantitative estimate of drug-likeness (QED) is 0.871. The number of amides is 1. The van der Waals surface area contributed by atoms with Crippen molar-refractivity contribution in [2.45, 2.75) is 11.2 Å². The lowest BCUT2D eigenvalue weighted by Crippen LogP contribution is -2.22.